The molecule has 3 aromatic rings. The van der Waals surface area contributed by atoms with E-state index >= 15 is 0 Å². The third kappa shape index (κ3) is 7.55. The van der Waals surface area contributed by atoms with E-state index in [9.17, 15) is 23.1 Å². The number of likely N-dealkylation sites (N-methyl/N-ethyl adjacent to an activating group) is 1. The molecule has 13 heteroatoms. The Bertz CT molecular complexity index is 1230. The van der Waals surface area contributed by atoms with Crippen LogP contribution in [0.2, 0.25) is 5.02 Å². The van der Waals surface area contributed by atoms with Crippen LogP contribution in [0.5, 0.6) is 0 Å². The maximum Gasteiger partial charge on any atom is 0.490 e. The van der Waals surface area contributed by atoms with E-state index in [4.69, 9.17) is 33.0 Å². The number of aliphatic imine (C=N–C) groups is 1. The molecule has 0 spiro atoms. The number of nitrogens with two attached hydrogens (primary N) is 2. The van der Waals surface area contributed by atoms with Crippen LogP contribution in [-0.2, 0) is 16.1 Å². The van der Waals surface area contributed by atoms with Crippen molar-refractivity contribution >= 4 is 46.1 Å². The van der Waals surface area contributed by atoms with Gasteiger partial charge < -0.3 is 21.7 Å². The highest BCUT2D eigenvalue weighted by Gasteiger charge is 2.38. The number of nitrogens with zero attached hydrogens (tertiary/aromatic N) is 3. The van der Waals surface area contributed by atoms with Gasteiger partial charge >= 0.3 is 18.1 Å². The first-order valence-corrected chi connectivity index (χ1v) is 10.1. The molecule has 0 fully saturated rings. The van der Waals surface area contributed by atoms with Crippen molar-refractivity contribution in [2.45, 2.75) is 18.8 Å². The highest BCUT2D eigenvalue weighted by atomic mass is 35.5. The number of aliphatic carboxylic acids is 2. The fourth-order valence-corrected chi connectivity index (χ4v) is 3.37. The van der Waals surface area contributed by atoms with Crippen LogP contribution < -0.4 is 11.5 Å². The molecule has 0 saturated heterocycles. The number of rotatable bonds is 6. The van der Waals surface area contributed by atoms with Crippen molar-refractivity contribution in [3.63, 3.8) is 0 Å². The predicted octanol–water partition coefficient (Wildman–Crippen LogP) is 3.68. The fraction of sp³-hybridized carbons (Fsp3) is 0.182. The Morgan fingerprint density at radius 1 is 1.11 bits per heavy atom. The molecule has 0 aliphatic rings. The van der Waals surface area contributed by atoms with Gasteiger partial charge in [-0.1, -0.05) is 54.1 Å². The smallest absolute Gasteiger partial charge is 0.480 e. The van der Waals surface area contributed by atoms with Crippen molar-refractivity contribution in [1.82, 2.24) is 9.88 Å². The summed E-state index contributed by atoms with van der Waals surface area (Å²) in [5, 5.41) is 18.8. The lowest BCUT2D eigenvalue weighted by Gasteiger charge is -2.25. The van der Waals surface area contributed by atoms with Crippen LogP contribution in [0.1, 0.15) is 17.2 Å². The zero-order valence-electron chi connectivity index (χ0n) is 18.2. The molecule has 35 heavy (non-hydrogen) atoms. The van der Waals surface area contributed by atoms with E-state index in [1.165, 1.54) is 6.20 Å². The van der Waals surface area contributed by atoms with Gasteiger partial charge in [0, 0.05) is 23.5 Å². The molecule has 1 heterocycles. The second kappa shape index (κ2) is 11.5. The highest BCUT2D eigenvalue weighted by molar-refractivity contribution is 6.35. The number of alkyl halides is 3. The average molecular weight is 512 g/mol. The van der Waals surface area contributed by atoms with Gasteiger partial charge in [-0.2, -0.15) is 18.2 Å². The van der Waals surface area contributed by atoms with Crippen molar-refractivity contribution in [3.05, 3.63) is 70.9 Å². The fourth-order valence-electron chi connectivity index (χ4n) is 3.15. The van der Waals surface area contributed by atoms with E-state index in [1.54, 1.807) is 24.1 Å². The number of hydrogen-bond donors (Lipinski definition) is 4. The normalized spacial score (nSPS) is 11.9. The second-order valence-electron chi connectivity index (χ2n) is 7.22. The Morgan fingerprint density at radius 3 is 2.23 bits per heavy atom. The van der Waals surface area contributed by atoms with Crippen LogP contribution in [0.15, 0.2) is 59.7 Å². The van der Waals surface area contributed by atoms with Crippen molar-refractivity contribution in [3.8, 4) is 0 Å². The van der Waals surface area contributed by atoms with Crippen molar-refractivity contribution in [1.29, 1.82) is 0 Å². The summed E-state index contributed by atoms with van der Waals surface area (Å²) in [7, 11) is 1.77. The number of hydrogen-bond acceptors (Lipinski definition) is 5. The molecular weight excluding hydrogens is 491 g/mol. The van der Waals surface area contributed by atoms with Gasteiger partial charge in [-0.25, -0.2) is 9.78 Å². The highest BCUT2D eigenvalue weighted by Crippen LogP contribution is 2.31. The molecule has 0 saturated carbocycles. The third-order valence-electron chi connectivity index (χ3n) is 4.58. The van der Waals surface area contributed by atoms with E-state index < -0.39 is 24.2 Å². The molecule has 1 atom stereocenters. The Labute approximate surface area is 202 Å². The van der Waals surface area contributed by atoms with Gasteiger partial charge in [0.1, 0.15) is 6.04 Å². The molecule has 0 radical (unpaired) electrons. The number of guanidine groups is 1. The number of benzene rings is 2. The summed E-state index contributed by atoms with van der Waals surface area (Å²) in [6, 6.07) is 14.0. The van der Waals surface area contributed by atoms with E-state index in [1.807, 2.05) is 36.4 Å². The summed E-state index contributed by atoms with van der Waals surface area (Å²) in [5.41, 5.74) is 12.6. The lowest BCUT2D eigenvalue weighted by atomic mass is 10.0. The minimum absolute atomic E-state index is 0.103. The first-order valence-electron chi connectivity index (χ1n) is 9.76. The summed E-state index contributed by atoms with van der Waals surface area (Å²) in [6.07, 6.45) is -3.59. The SMILES string of the molecule is CN(Cc1ccc2c(Cl)cnc(N=C(N)N)c2c1)C(C(=O)O)c1ccccc1.O=C(O)C(F)(F)F. The molecule has 0 bridgehead atoms. The van der Waals surface area contributed by atoms with Gasteiger partial charge in [-0.05, 0) is 24.2 Å². The van der Waals surface area contributed by atoms with Crippen LogP contribution in [0.3, 0.4) is 0 Å². The summed E-state index contributed by atoms with van der Waals surface area (Å²) < 4.78 is 31.7. The van der Waals surface area contributed by atoms with Crippen molar-refractivity contribution < 1.29 is 33.0 Å². The van der Waals surface area contributed by atoms with Gasteiger partial charge in [0.05, 0.1) is 5.02 Å². The van der Waals surface area contributed by atoms with Crippen LogP contribution in [0.25, 0.3) is 10.8 Å². The summed E-state index contributed by atoms with van der Waals surface area (Å²) in [6.45, 7) is 0.398. The number of fused-ring (bicyclic) bond motifs is 1. The summed E-state index contributed by atoms with van der Waals surface area (Å²) >= 11 is 6.23. The van der Waals surface area contributed by atoms with Gasteiger partial charge in [-0.15, -0.1) is 0 Å². The van der Waals surface area contributed by atoms with Crippen LogP contribution >= 0.6 is 11.6 Å². The summed E-state index contributed by atoms with van der Waals surface area (Å²) in [5.74, 6) is -3.41. The van der Waals surface area contributed by atoms with Gasteiger partial charge in [0.15, 0.2) is 11.8 Å². The maximum atomic E-state index is 11.8. The van der Waals surface area contributed by atoms with Crippen LogP contribution in [0.4, 0.5) is 19.0 Å². The maximum absolute atomic E-state index is 11.8. The lowest BCUT2D eigenvalue weighted by Crippen LogP contribution is -2.30. The number of carboxylic acid groups (broad SMARTS) is 2. The van der Waals surface area contributed by atoms with Gasteiger partial charge in [0.25, 0.3) is 0 Å². The zero-order valence-corrected chi connectivity index (χ0v) is 19.0. The molecule has 2 aromatic carbocycles. The molecule has 9 nitrogen and oxygen atoms in total. The number of halogens is 4. The minimum Gasteiger partial charge on any atom is -0.480 e. The Morgan fingerprint density at radius 2 is 1.71 bits per heavy atom. The van der Waals surface area contributed by atoms with Crippen molar-refractivity contribution in [2.24, 2.45) is 16.5 Å². The topological polar surface area (TPSA) is 155 Å². The van der Waals surface area contributed by atoms with Crippen molar-refractivity contribution in [2.75, 3.05) is 7.05 Å². The first kappa shape index (κ1) is 27.3. The first-order chi connectivity index (χ1) is 16.3. The molecule has 186 valence electrons. The monoisotopic (exact) mass is 511 g/mol. The van der Waals surface area contributed by atoms with E-state index in [2.05, 4.69) is 9.98 Å². The van der Waals surface area contributed by atoms with E-state index in [-0.39, 0.29) is 5.96 Å². The molecule has 0 amide bonds. The van der Waals surface area contributed by atoms with E-state index in [0.29, 0.717) is 28.3 Å². The largest absolute Gasteiger partial charge is 0.490 e. The van der Waals surface area contributed by atoms with Crippen LogP contribution in [0, 0.1) is 0 Å². The molecule has 1 aromatic heterocycles. The lowest BCUT2D eigenvalue weighted by molar-refractivity contribution is -0.192. The molecule has 0 aliphatic carbocycles. The number of carboxylic acids is 2. The second-order valence-corrected chi connectivity index (χ2v) is 7.62. The molecule has 6 N–H and O–H groups in total. The van der Waals surface area contributed by atoms with E-state index in [0.717, 1.165) is 10.9 Å². The number of pyridine rings is 1. The zero-order chi connectivity index (χ0) is 26.3. The average Bonchev–Trinajstić information content (AvgIpc) is 2.76. The predicted molar refractivity (Wildman–Crippen MR) is 124 cm³/mol. The standard InChI is InChI=1S/C20H20ClN5O2.C2HF3O2/c1-26(17(19(27)28)13-5-3-2-4-6-13)11-12-7-8-14-15(9-12)18(25-20(22)23)24-10-16(14)21;3-2(4,5)1(6)7/h2-10,17H,11H2,1H3,(H,27,28)(H4,22,23,24,25);(H,6,7). The molecule has 1 unspecified atom stereocenters. The Kier molecular flexibility index (Phi) is 8.98. The minimum atomic E-state index is -5.08. The van der Waals surface area contributed by atoms with Gasteiger partial charge in [0.2, 0.25) is 0 Å². The van der Waals surface area contributed by atoms with Crippen LogP contribution in [-0.4, -0.2) is 51.2 Å². The quantitative estimate of drug-likeness (QED) is 0.288. The number of carbonyl (C=O) groups is 2. The summed E-state index contributed by atoms with van der Waals surface area (Å²) in [4.78, 5) is 30.8. The third-order valence-corrected chi connectivity index (χ3v) is 4.88. The van der Waals surface area contributed by atoms with Gasteiger partial charge in [-0.3, -0.25) is 9.69 Å². The Hall–Kier alpha value is -3.90. The molecular formula is C22H21ClF3N5O4. The Balaban J connectivity index is 0.000000540. The molecule has 3 rings (SSSR count). The molecule has 0 aliphatic heterocycles. The number of aromatic nitrogens is 1.